The van der Waals surface area contributed by atoms with Crippen molar-refractivity contribution < 1.29 is 9.72 Å². The van der Waals surface area contributed by atoms with Crippen LogP contribution >= 0.6 is 0 Å². The fraction of sp³-hybridized carbons (Fsp3) is 0.381. The smallest absolute Gasteiger partial charge is 0.293 e. The molecule has 0 saturated carbocycles. The van der Waals surface area contributed by atoms with E-state index in [0.717, 1.165) is 38.9 Å². The molecule has 0 atom stereocenters. The van der Waals surface area contributed by atoms with Gasteiger partial charge in [-0.1, -0.05) is 37.3 Å². The number of carbonyl (C=O) groups excluding carboxylic acids is 1. The highest BCUT2D eigenvalue weighted by atomic mass is 16.6. The Bertz CT molecular complexity index is 800. The lowest BCUT2D eigenvalue weighted by Gasteiger charge is -2.32. The zero-order valence-electron chi connectivity index (χ0n) is 15.6. The molecule has 27 heavy (non-hydrogen) atoms. The number of nitro benzene ring substituents is 1. The minimum absolute atomic E-state index is 0.0484. The third-order valence-corrected chi connectivity index (χ3v) is 4.98. The van der Waals surface area contributed by atoms with E-state index in [-0.39, 0.29) is 17.5 Å². The molecule has 1 N–H and O–H groups in total. The third kappa shape index (κ3) is 4.71. The van der Waals surface area contributed by atoms with Gasteiger partial charge in [0, 0.05) is 36.3 Å². The van der Waals surface area contributed by atoms with Crippen molar-refractivity contribution in [1.29, 1.82) is 0 Å². The Morgan fingerprint density at radius 3 is 2.48 bits per heavy atom. The van der Waals surface area contributed by atoms with E-state index in [1.807, 2.05) is 6.07 Å². The predicted octanol–water partition coefficient (Wildman–Crippen LogP) is 4.11. The Morgan fingerprint density at radius 1 is 1.15 bits per heavy atom. The van der Waals surface area contributed by atoms with Crippen LogP contribution in [0.25, 0.3) is 0 Å². The average molecular weight is 367 g/mol. The normalized spacial score (nSPS) is 15.4. The zero-order valence-corrected chi connectivity index (χ0v) is 15.6. The summed E-state index contributed by atoms with van der Waals surface area (Å²) in [5.41, 5.74) is 1.29. The van der Waals surface area contributed by atoms with Crippen LogP contribution in [-0.2, 0) is 0 Å². The van der Waals surface area contributed by atoms with E-state index < -0.39 is 4.92 Å². The number of anilines is 1. The van der Waals surface area contributed by atoms with Gasteiger partial charge < -0.3 is 10.2 Å². The number of nitro groups is 1. The summed E-state index contributed by atoms with van der Waals surface area (Å²) in [4.78, 5) is 26.1. The summed E-state index contributed by atoms with van der Waals surface area (Å²) in [5.74, 6) is -0.210. The Balaban J connectivity index is 1.75. The number of nitrogens with one attached hydrogen (secondary N) is 1. The molecule has 0 aliphatic carbocycles. The molecule has 0 aromatic heterocycles. The Hall–Kier alpha value is -2.73. The van der Waals surface area contributed by atoms with E-state index in [2.05, 4.69) is 17.1 Å². The number of piperidine rings is 1. The zero-order chi connectivity index (χ0) is 19.2. The van der Waals surface area contributed by atoms with Crippen LogP contribution in [0, 0.1) is 10.1 Å². The van der Waals surface area contributed by atoms with Gasteiger partial charge in [0.2, 0.25) is 0 Å². The first kappa shape index (κ1) is 19.0. The molecule has 6 nitrogen and oxygen atoms in total. The van der Waals surface area contributed by atoms with Crippen LogP contribution in [-0.4, -0.2) is 41.3 Å². The molecular formula is C21H25N3O3. The summed E-state index contributed by atoms with van der Waals surface area (Å²) < 4.78 is 0. The van der Waals surface area contributed by atoms with Crippen molar-refractivity contribution in [2.75, 3.05) is 25.0 Å². The van der Waals surface area contributed by atoms with Gasteiger partial charge in [-0.3, -0.25) is 14.9 Å². The molecule has 1 aliphatic heterocycles. The van der Waals surface area contributed by atoms with Crippen LogP contribution < -0.4 is 5.32 Å². The van der Waals surface area contributed by atoms with Crippen LogP contribution in [0.3, 0.4) is 0 Å². The summed E-state index contributed by atoms with van der Waals surface area (Å²) in [6.07, 6.45) is 3.06. The van der Waals surface area contributed by atoms with Gasteiger partial charge in [-0.15, -0.1) is 0 Å². The first-order valence-electron chi connectivity index (χ1n) is 9.45. The van der Waals surface area contributed by atoms with Crippen molar-refractivity contribution >= 4 is 17.2 Å². The number of benzene rings is 2. The van der Waals surface area contributed by atoms with E-state index in [9.17, 15) is 14.9 Å². The monoisotopic (exact) mass is 367 g/mol. The average Bonchev–Trinajstić information content (AvgIpc) is 2.70. The summed E-state index contributed by atoms with van der Waals surface area (Å²) in [5, 5.41) is 14.9. The minimum Gasteiger partial charge on any atom is -0.377 e. The van der Waals surface area contributed by atoms with Crippen molar-refractivity contribution in [3.05, 3.63) is 69.8 Å². The maximum atomic E-state index is 12.6. The minimum atomic E-state index is -0.420. The van der Waals surface area contributed by atoms with Gasteiger partial charge in [-0.05, 0) is 37.9 Å². The molecule has 1 saturated heterocycles. The maximum absolute atomic E-state index is 12.6. The van der Waals surface area contributed by atoms with Gasteiger partial charge in [-0.25, -0.2) is 0 Å². The maximum Gasteiger partial charge on any atom is 0.293 e. The van der Waals surface area contributed by atoms with E-state index >= 15 is 0 Å². The molecule has 1 aliphatic rings. The predicted molar refractivity (Wildman–Crippen MR) is 106 cm³/mol. The molecule has 142 valence electrons. The molecule has 6 heteroatoms. The number of hydrogen-bond donors (Lipinski definition) is 1. The third-order valence-electron chi connectivity index (χ3n) is 4.98. The molecule has 0 radical (unpaired) electrons. The fourth-order valence-electron chi connectivity index (χ4n) is 3.54. The second-order valence-electron chi connectivity index (χ2n) is 6.94. The Labute approximate surface area is 159 Å². The number of nitrogens with zero attached hydrogens (tertiary/aromatic N) is 2. The first-order valence-corrected chi connectivity index (χ1v) is 9.45. The summed E-state index contributed by atoms with van der Waals surface area (Å²) in [6.45, 7) is 5.28. The van der Waals surface area contributed by atoms with Crippen LogP contribution in [0.15, 0.2) is 48.5 Å². The molecule has 1 fully saturated rings. The van der Waals surface area contributed by atoms with Gasteiger partial charge in [0.05, 0.1) is 4.92 Å². The number of likely N-dealkylation sites (tertiary alicyclic amines) is 1. The van der Waals surface area contributed by atoms with Crippen molar-refractivity contribution in [2.45, 2.75) is 32.2 Å². The number of ketones is 1. The summed E-state index contributed by atoms with van der Waals surface area (Å²) in [6, 6.07) is 13.7. The topological polar surface area (TPSA) is 75.5 Å². The van der Waals surface area contributed by atoms with Crippen LogP contribution in [0.2, 0.25) is 0 Å². The molecule has 0 unspecified atom stereocenters. The van der Waals surface area contributed by atoms with Crippen molar-refractivity contribution in [3.8, 4) is 0 Å². The van der Waals surface area contributed by atoms with Crippen LogP contribution in [0.4, 0.5) is 11.4 Å². The Kier molecular flexibility index (Phi) is 6.19. The van der Waals surface area contributed by atoms with E-state index in [0.29, 0.717) is 16.8 Å². The van der Waals surface area contributed by atoms with Crippen molar-refractivity contribution in [2.24, 2.45) is 0 Å². The molecule has 2 aromatic rings. The lowest BCUT2D eigenvalue weighted by Crippen LogP contribution is -2.39. The number of carbonyl (C=O) groups is 1. The van der Waals surface area contributed by atoms with E-state index in [1.165, 1.54) is 6.07 Å². The molecule has 0 spiro atoms. The highest BCUT2D eigenvalue weighted by Gasteiger charge is 2.23. The van der Waals surface area contributed by atoms with Gasteiger partial charge in [0.15, 0.2) is 5.78 Å². The molecular weight excluding hydrogens is 342 g/mol. The van der Waals surface area contributed by atoms with E-state index in [1.54, 1.807) is 36.4 Å². The molecule has 0 amide bonds. The van der Waals surface area contributed by atoms with Crippen molar-refractivity contribution in [1.82, 2.24) is 4.90 Å². The second kappa shape index (κ2) is 8.77. The molecule has 1 heterocycles. The van der Waals surface area contributed by atoms with E-state index in [4.69, 9.17) is 0 Å². The van der Waals surface area contributed by atoms with Gasteiger partial charge in [0.25, 0.3) is 5.69 Å². The highest BCUT2D eigenvalue weighted by Crippen LogP contribution is 2.29. The van der Waals surface area contributed by atoms with Crippen molar-refractivity contribution in [3.63, 3.8) is 0 Å². The Morgan fingerprint density at radius 2 is 1.85 bits per heavy atom. The fourth-order valence-corrected chi connectivity index (χ4v) is 3.54. The number of rotatable bonds is 7. The SMILES string of the molecule is CCCN1CCC(Nc2ccc(C(=O)c3ccccc3)cc2[N+](=O)[O-])CC1. The molecule has 3 rings (SSSR count). The molecule has 2 aromatic carbocycles. The van der Waals surface area contributed by atoms with Gasteiger partial charge in [-0.2, -0.15) is 0 Å². The summed E-state index contributed by atoms with van der Waals surface area (Å²) in [7, 11) is 0. The second-order valence-corrected chi connectivity index (χ2v) is 6.94. The highest BCUT2D eigenvalue weighted by molar-refractivity contribution is 6.09. The summed E-state index contributed by atoms with van der Waals surface area (Å²) >= 11 is 0. The van der Waals surface area contributed by atoms with Crippen LogP contribution in [0.1, 0.15) is 42.1 Å². The van der Waals surface area contributed by atoms with Gasteiger partial charge >= 0.3 is 0 Å². The quantitative estimate of drug-likeness (QED) is 0.453. The lowest BCUT2D eigenvalue weighted by molar-refractivity contribution is -0.384. The first-order chi connectivity index (χ1) is 13.1. The largest absolute Gasteiger partial charge is 0.377 e. The van der Waals surface area contributed by atoms with Gasteiger partial charge in [0.1, 0.15) is 5.69 Å². The standard InChI is InChI=1S/C21H25N3O3/c1-2-12-23-13-10-18(11-14-23)22-19-9-8-17(15-20(19)24(26)27)21(25)16-6-4-3-5-7-16/h3-9,15,18,22H,2,10-14H2,1H3. The molecule has 0 bridgehead atoms. The van der Waals surface area contributed by atoms with Crippen LogP contribution in [0.5, 0.6) is 0 Å². The number of hydrogen-bond acceptors (Lipinski definition) is 5. The lowest BCUT2D eigenvalue weighted by atomic mass is 10.0.